The van der Waals surface area contributed by atoms with Gasteiger partial charge >= 0.3 is 0 Å². The van der Waals surface area contributed by atoms with Gasteiger partial charge in [0.2, 0.25) is 0 Å². The molecule has 0 aromatic heterocycles. The molecule has 32 heavy (non-hydrogen) atoms. The van der Waals surface area contributed by atoms with Crippen molar-refractivity contribution in [1.82, 2.24) is 0 Å². The van der Waals surface area contributed by atoms with Crippen LogP contribution in [0.15, 0.2) is 69.0 Å². The zero-order valence-electron chi connectivity index (χ0n) is 18.5. The van der Waals surface area contributed by atoms with E-state index in [0.29, 0.717) is 16.8 Å². The van der Waals surface area contributed by atoms with Gasteiger partial charge in [0.15, 0.2) is 0 Å². The molecule has 6 nitrogen and oxygen atoms in total. The minimum atomic E-state index is 0. The van der Waals surface area contributed by atoms with E-state index in [-0.39, 0.29) is 76.9 Å². The van der Waals surface area contributed by atoms with Crippen molar-refractivity contribution in [2.45, 2.75) is 13.8 Å². The summed E-state index contributed by atoms with van der Waals surface area (Å²) < 4.78 is 0. The molecule has 0 unspecified atom stereocenters. The molecule has 4 aromatic rings. The summed E-state index contributed by atoms with van der Waals surface area (Å²) in [5.41, 5.74) is 2.87. The molecule has 4 rings (SSSR count). The molecule has 0 aliphatic carbocycles. The number of phenols is 2. The summed E-state index contributed by atoms with van der Waals surface area (Å²) in [4.78, 5) is 0. The van der Waals surface area contributed by atoms with Gasteiger partial charge in [0, 0.05) is 79.5 Å². The average molecular weight is 576 g/mol. The van der Waals surface area contributed by atoms with Gasteiger partial charge < -0.3 is 10.2 Å². The number of aryl methyl sites for hydroxylation is 2. The maximum Gasteiger partial charge on any atom is 0.134 e. The molecule has 0 aliphatic rings. The SMILES string of the molecule is CN=Nc1c(O)c(C)cc2cc[c-]cc12.CN=Nc1cc(C)c2ccc[c-]c2c1O.[Y].[Y]. The van der Waals surface area contributed by atoms with Gasteiger partial charge in [-0.3, -0.25) is 0 Å². The Hall–Kier alpha value is -1.59. The van der Waals surface area contributed by atoms with Crippen LogP contribution in [0.2, 0.25) is 0 Å². The molecule has 8 heteroatoms. The van der Waals surface area contributed by atoms with Crippen molar-refractivity contribution in [2.24, 2.45) is 20.5 Å². The maximum atomic E-state index is 9.92. The van der Waals surface area contributed by atoms with Crippen LogP contribution in [0.25, 0.3) is 21.5 Å². The zero-order chi connectivity index (χ0) is 21.7. The van der Waals surface area contributed by atoms with Gasteiger partial charge in [-0.2, -0.15) is 44.7 Å². The van der Waals surface area contributed by atoms with Crippen LogP contribution in [0.3, 0.4) is 0 Å². The second-order valence-corrected chi connectivity index (χ2v) is 6.66. The summed E-state index contributed by atoms with van der Waals surface area (Å²) in [6, 6.07) is 20.9. The number of rotatable bonds is 2. The van der Waals surface area contributed by atoms with Gasteiger partial charge in [0.05, 0.1) is 17.1 Å². The molecule has 2 radical (unpaired) electrons. The van der Waals surface area contributed by atoms with Gasteiger partial charge in [-0.05, 0) is 25.5 Å². The standard InChI is InChI=1S/2C12H11N2O.2Y/c1-8-7-11(14-13-2)12(15)10-6-4-3-5-9(8)10;1-8-7-9-5-3-4-6-10(9)11(12(8)15)14-13-2;;/h3-5,7,15H,1-2H3;3,5-7,15H,1-2H3;;/q2*-1;;. The number of nitrogens with zero attached hydrogens (tertiary/aromatic N) is 4. The first-order valence-electron chi connectivity index (χ1n) is 9.33. The smallest absolute Gasteiger partial charge is 0.134 e. The molecule has 2 N–H and O–H groups in total. The van der Waals surface area contributed by atoms with Crippen LogP contribution in [-0.4, -0.2) is 24.3 Å². The van der Waals surface area contributed by atoms with Crippen LogP contribution in [0, 0.1) is 26.0 Å². The molecule has 0 saturated carbocycles. The van der Waals surface area contributed by atoms with E-state index in [1.807, 2.05) is 50.2 Å². The van der Waals surface area contributed by atoms with Crippen LogP contribution in [0.1, 0.15) is 11.1 Å². The van der Waals surface area contributed by atoms with Crippen LogP contribution < -0.4 is 0 Å². The average Bonchev–Trinajstić information content (AvgIpc) is 2.76. The van der Waals surface area contributed by atoms with Crippen LogP contribution in [-0.2, 0) is 65.4 Å². The second kappa shape index (κ2) is 13.2. The van der Waals surface area contributed by atoms with Crippen LogP contribution in [0.5, 0.6) is 11.5 Å². The number of hydrogen-bond donors (Lipinski definition) is 2. The molecular formula is C24H22N4O2Y2-2. The largest absolute Gasteiger partial charge is 0.549 e. The molecular weight excluding hydrogens is 554 g/mol. The van der Waals surface area contributed by atoms with Crippen molar-refractivity contribution in [1.29, 1.82) is 0 Å². The molecule has 0 heterocycles. The molecule has 0 atom stereocenters. The Bertz CT molecular complexity index is 1270. The van der Waals surface area contributed by atoms with E-state index in [9.17, 15) is 10.2 Å². The number of phenolic OH excluding ortho intramolecular Hbond substituents is 2. The Morgan fingerprint density at radius 2 is 1.53 bits per heavy atom. The molecule has 4 aromatic carbocycles. The van der Waals surface area contributed by atoms with Crippen molar-refractivity contribution >= 4 is 32.9 Å². The maximum absolute atomic E-state index is 9.92. The third-order valence-electron chi connectivity index (χ3n) is 4.64. The number of benzene rings is 4. The summed E-state index contributed by atoms with van der Waals surface area (Å²) in [5, 5.41) is 38.6. The Labute approximate surface area is 238 Å². The Morgan fingerprint density at radius 1 is 0.812 bits per heavy atom. The number of azo groups is 2. The molecule has 0 fully saturated rings. The topological polar surface area (TPSA) is 89.9 Å². The minimum Gasteiger partial charge on any atom is -0.549 e. The van der Waals surface area contributed by atoms with Crippen molar-refractivity contribution < 1.29 is 75.6 Å². The fourth-order valence-corrected chi connectivity index (χ4v) is 3.22. The third kappa shape index (κ3) is 6.26. The molecule has 0 aliphatic heterocycles. The summed E-state index contributed by atoms with van der Waals surface area (Å²) in [6.45, 7) is 3.82. The van der Waals surface area contributed by atoms with E-state index in [4.69, 9.17) is 0 Å². The first-order valence-corrected chi connectivity index (χ1v) is 9.33. The van der Waals surface area contributed by atoms with Crippen molar-refractivity contribution in [3.8, 4) is 11.5 Å². The molecule has 158 valence electrons. The van der Waals surface area contributed by atoms with E-state index in [1.165, 1.54) is 0 Å². The van der Waals surface area contributed by atoms with Crippen LogP contribution >= 0.6 is 0 Å². The zero-order valence-corrected chi connectivity index (χ0v) is 24.1. The Morgan fingerprint density at radius 3 is 2.22 bits per heavy atom. The van der Waals surface area contributed by atoms with E-state index >= 15 is 0 Å². The van der Waals surface area contributed by atoms with Gasteiger partial charge in [-0.15, -0.1) is 35.0 Å². The Kier molecular flexibility index (Phi) is 11.7. The molecule has 0 amide bonds. The minimum absolute atomic E-state index is 0. The fourth-order valence-electron chi connectivity index (χ4n) is 3.22. The first kappa shape index (κ1) is 28.4. The third-order valence-corrected chi connectivity index (χ3v) is 4.64. The van der Waals surface area contributed by atoms with Crippen LogP contribution in [0.4, 0.5) is 11.4 Å². The van der Waals surface area contributed by atoms with Gasteiger partial charge in [-0.1, -0.05) is 22.4 Å². The van der Waals surface area contributed by atoms with E-state index in [0.717, 1.165) is 27.3 Å². The number of hydrogen-bond acceptors (Lipinski definition) is 6. The second-order valence-electron chi connectivity index (χ2n) is 6.66. The summed E-state index contributed by atoms with van der Waals surface area (Å²) >= 11 is 0. The Balaban J connectivity index is 0.000000301. The van der Waals surface area contributed by atoms with E-state index in [2.05, 4.69) is 32.6 Å². The summed E-state index contributed by atoms with van der Waals surface area (Å²) in [6.07, 6.45) is 0. The van der Waals surface area contributed by atoms with E-state index < -0.39 is 0 Å². The normalized spacial score (nSPS) is 10.6. The molecule has 0 bridgehead atoms. The number of aromatic hydroxyl groups is 2. The number of fused-ring (bicyclic) bond motifs is 2. The molecule has 0 saturated heterocycles. The van der Waals surface area contributed by atoms with Crippen molar-refractivity contribution in [3.05, 3.63) is 71.8 Å². The fraction of sp³-hybridized carbons (Fsp3) is 0.167. The predicted octanol–water partition coefficient (Wildman–Crippen LogP) is 6.73. The monoisotopic (exact) mass is 576 g/mol. The van der Waals surface area contributed by atoms with Crippen molar-refractivity contribution in [3.63, 3.8) is 0 Å². The van der Waals surface area contributed by atoms with Gasteiger partial charge in [-0.25, -0.2) is 0 Å². The predicted molar refractivity (Wildman–Crippen MR) is 119 cm³/mol. The first-order chi connectivity index (χ1) is 14.5. The van der Waals surface area contributed by atoms with Gasteiger partial charge in [0.1, 0.15) is 5.75 Å². The van der Waals surface area contributed by atoms with Gasteiger partial charge in [0.25, 0.3) is 0 Å². The summed E-state index contributed by atoms with van der Waals surface area (Å²) in [5.74, 6) is 0.328. The quantitative estimate of drug-likeness (QED) is 0.205. The summed E-state index contributed by atoms with van der Waals surface area (Å²) in [7, 11) is 3.16. The van der Waals surface area contributed by atoms with Crippen molar-refractivity contribution in [2.75, 3.05) is 14.1 Å². The molecule has 0 spiro atoms. The van der Waals surface area contributed by atoms with E-state index in [1.54, 1.807) is 26.2 Å².